The monoisotopic (exact) mass is 446 g/mol. The highest BCUT2D eigenvalue weighted by atomic mass is 35.5. The van der Waals surface area contributed by atoms with Crippen LogP contribution in [0.15, 0.2) is 48.5 Å². The molecule has 0 N–H and O–H groups in total. The summed E-state index contributed by atoms with van der Waals surface area (Å²) in [4.78, 5) is 12.4. The lowest BCUT2D eigenvalue weighted by Gasteiger charge is -2.11. The molecule has 4 nitrogen and oxygen atoms in total. The largest absolute Gasteiger partial charge is 0.494 e. The van der Waals surface area contributed by atoms with E-state index >= 15 is 0 Å². The van der Waals surface area contributed by atoms with E-state index in [0.717, 1.165) is 37.2 Å². The fourth-order valence-electron chi connectivity index (χ4n) is 3.13. The van der Waals surface area contributed by atoms with E-state index in [-0.39, 0.29) is 0 Å². The molecule has 0 fully saturated rings. The normalized spacial score (nSPS) is 11.7. The number of rotatable bonds is 15. The fourth-order valence-corrected chi connectivity index (χ4v) is 3.50. The summed E-state index contributed by atoms with van der Waals surface area (Å²) < 4.78 is 16.9. The van der Waals surface area contributed by atoms with Crippen molar-refractivity contribution in [2.24, 2.45) is 5.92 Å². The number of carbonyl (C=O) groups excluding carboxylic acids is 1. The number of hydrogen-bond donors (Lipinski definition) is 0. The average molecular weight is 447 g/mol. The van der Waals surface area contributed by atoms with Crippen LogP contribution in [0.5, 0.6) is 17.2 Å². The summed E-state index contributed by atoms with van der Waals surface area (Å²) in [6.07, 6.45) is 7.80. The molecule has 0 saturated heterocycles. The number of alkyl halides is 1. The predicted octanol–water partition coefficient (Wildman–Crippen LogP) is 7.29. The first-order valence-electron chi connectivity index (χ1n) is 11.4. The Labute approximate surface area is 191 Å². The maximum atomic E-state index is 12.4. The number of ether oxygens (including phenoxy) is 3. The Morgan fingerprint density at radius 1 is 0.806 bits per heavy atom. The molecule has 0 aliphatic carbocycles. The van der Waals surface area contributed by atoms with Crippen LogP contribution < -0.4 is 14.2 Å². The van der Waals surface area contributed by atoms with Crippen LogP contribution >= 0.6 is 11.6 Å². The second-order valence-corrected chi connectivity index (χ2v) is 8.25. The van der Waals surface area contributed by atoms with Gasteiger partial charge in [0.25, 0.3) is 0 Å². The van der Waals surface area contributed by atoms with Crippen molar-refractivity contribution in [3.63, 3.8) is 0 Å². The van der Waals surface area contributed by atoms with Crippen LogP contribution in [-0.2, 0) is 0 Å². The summed E-state index contributed by atoms with van der Waals surface area (Å²) in [5, 5.41) is 0. The predicted molar refractivity (Wildman–Crippen MR) is 127 cm³/mol. The van der Waals surface area contributed by atoms with E-state index in [0.29, 0.717) is 36.3 Å². The topological polar surface area (TPSA) is 44.8 Å². The van der Waals surface area contributed by atoms with E-state index in [9.17, 15) is 4.79 Å². The van der Waals surface area contributed by atoms with E-state index in [1.165, 1.54) is 19.3 Å². The second-order valence-electron chi connectivity index (χ2n) is 7.87. The van der Waals surface area contributed by atoms with Crippen molar-refractivity contribution in [3.05, 3.63) is 54.1 Å². The molecule has 0 aliphatic heterocycles. The van der Waals surface area contributed by atoms with Crippen molar-refractivity contribution in [3.8, 4) is 17.2 Å². The van der Waals surface area contributed by atoms with Crippen LogP contribution in [0, 0.1) is 5.92 Å². The van der Waals surface area contributed by atoms with Crippen molar-refractivity contribution >= 4 is 17.6 Å². The standard InChI is InChI=1S/C26H35ClO4/c1-3-4-5-6-19-29-23-11-9-22(10-12-23)26(28)31-25-15-13-24(14-16-25)30-20-7-8-21(2)17-18-27/h9-16,21H,3-8,17-20H2,1-2H3/t21-/m1/s1. The molecule has 0 aliphatic rings. The molecule has 170 valence electrons. The van der Waals surface area contributed by atoms with E-state index in [1.54, 1.807) is 36.4 Å². The van der Waals surface area contributed by atoms with Crippen molar-refractivity contribution in [2.75, 3.05) is 19.1 Å². The molecular formula is C26H35ClO4. The fraction of sp³-hybridized carbons (Fsp3) is 0.500. The van der Waals surface area contributed by atoms with Gasteiger partial charge in [-0.3, -0.25) is 0 Å². The highest BCUT2D eigenvalue weighted by Crippen LogP contribution is 2.20. The first kappa shape index (κ1) is 25.1. The highest BCUT2D eigenvalue weighted by Gasteiger charge is 2.09. The Balaban J connectivity index is 1.72. The van der Waals surface area contributed by atoms with Gasteiger partial charge in [-0.05, 0) is 80.1 Å². The van der Waals surface area contributed by atoms with Gasteiger partial charge in [0.15, 0.2) is 0 Å². The molecule has 2 rings (SSSR count). The molecule has 0 bridgehead atoms. The number of hydrogen-bond acceptors (Lipinski definition) is 4. The molecule has 0 saturated carbocycles. The van der Waals surface area contributed by atoms with E-state index in [4.69, 9.17) is 25.8 Å². The molecule has 0 radical (unpaired) electrons. The van der Waals surface area contributed by atoms with Crippen molar-refractivity contribution < 1.29 is 19.0 Å². The van der Waals surface area contributed by atoms with Gasteiger partial charge in [0, 0.05) is 5.88 Å². The van der Waals surface area contributed by atoms with E-state index in [1.807, 2.05) is 12.1 Å². The zero-order valence-electron chi connectivity index (χ0n) is 18.8. The summed E-state index contributed by atoms with van der Waals surface area (Å²) in [7, 11) is 0. The Hall–Kier alpha value is -2.20. The quantitative estimate of drug-likeness (QED) is 0.125. The van der Waals surface area contributed by atoms with Crippen LogP contribution in [0.3, 0.4) is 0 Å². The summed E-state index contributed by atoms with van der Waals surface area (Å²) in [6, 6.07) is 14.2. The van der Waals surface area contributed by atoms with Crippen molar-refractivity contribution in [1.82, 2.24) is 0 Å². The third kappa shape index (κ3) is 10.1. The Morgan fingerprint density at radius 3 is 2.00 bits per heavy atom. The molecule has 0 spiro atoms. The summed E-state index contributed by atoms with van der Waals surface area (Å²) >= 11 is 5.76. The van der Waals surface area contributed by atoms with Gasteiger partial charge in [0.05, 0.1) is 18.8 Å². The lowest BCUT2D eigenvalue weighted by Crippen LogP contribution is -2.08. The highest BCUT2D eigenvalue weighted by molar-refractivity contribution is 6.17. The summed E-state index contributed by atoms with van der Waals surface area (Å²) in [6.45, 7) is 5.76. The minimum atomic E-state index is -0.392. The number of esters is 1. The lowest BCUT2D eigenvalue weighted by molar-refractivity contribution is 0.0734. The Morgan fingerprint density at radius 2 is 1.39 bits per heavy atom. The number of halogens is 1. The van der Waals surface area contributed by atoms with Crippen LogP contribution in [0.1, 0.15) is 69.2 Å². The zero-order chi connectivity index (χ0) is 22.3. The van der Waals surface area contributed by atoms with Crippen LogP contribution in [0.4, 0.5) is 0 Å². The molecule has 2 aromatic carbocycles. The van der Waals surface area contributed by atoms with Crippen LogP contribution in [0.25, 0.3) is 0 Å². The first-order chi connectivity index (χ1) is 15.1. The van der Waals surface area contributed by atoms with Crippen LogP contribution in [-0.4, -0.2) is 25.1 Å². The molecule has 0 unspecified atom stereocenters. The lowest BCUT2D eigenvalue weighted by atomic mass is 10.0. The maximum absolute atomic E-state index is 12.4. The third-order valence-electron chi connectivity index (χ3n) is 5.10. The Bertz CT molecular complexity index is 743. The molecule has 5 heteroatoms. The molecule has 0 amide bonds. The number of unbranched alkanes of at least 4 members (excludes halogenated alkanes) is 3. The molecular weight excluding hydrogens is 412 g/mol. The number of benzene rings is 2. The SMILES string of the molecule is CCCCCCOc1ccc(C(=O)Oc2ccc(OCCC[C@@H](C)CCCl)cc2)cc1. The minimum absolute atomic E-state index is 0.392. The van der Waals surface area contributed by atoms with Gasteiger partial charge in [-0.25, -0.2) is 4.79 Å². The van der Waals surface area contributed by atoms with Gasteiger partial charge in [-0.15, -0.1) is 11.6 Å². The van der Waals surface area contributed by atoms with Gasteiger partial charge in [0.2, 0.25) is 0 Å². The minimum Gasteiger partial charge on any atom is -0.494 e. The maximum Gasteiger partial charge on any atom is 0.343 e. The Kier molecular flexibility index (Phi) is 11.9. The zero-order valence-corrected chi connectivity index (χ0v) is 19.5. The first-order valence-corrected chi connectivity index (χ1v) is 11.9. The second kappa shape index (κ2) is 14.7. The average Bonchev–Trinajstić information content (AvgIpc) is 2.78. The summed E-state index contributed by atoms with van der Waals surface area (Å²) in [5.41, 5.74) is 0.490. The molecule has 2 aromatic rings. The summed E-state index contributed by atoms with van der Waals surface area (Å²) in [5.74, 6) is 2.96. The van der Waals surface area contributed by atoms with Gasteiger partial charge in [-0.2, -0.15) is 0 Å². The van der Waals surface area contributed by atoms with E-state index < -0.39 is 5.97 Å². The molecule has 31 heavy (non-hydrogen) atoms. The van der Waals surface area contributed by atoms with Gasteiger partial charge in [-0.1, -0.05) is 33.1 Å². The third-order valence-corrected chi connectivity index (χ3v) is 5.32. The van der Waals surface area contributed by atoms with E-state index in [2.05, 4.69) is 13.8 Å². The van der Waals surface area contributed by atoms with Crippen molar-refractivity contribution in [2.45, 2.75) is 58.8 Å². The smallest absolute Gasteiger partial charge is 0.343 e. The van der Waals surface area contributed by atoms with Gasteiger partial charge >= 0.3 is 5.97 Å². The van der Waals surface area contributed by atoms with Gasteiger partial charge in [0.1, 0.15) is 17.2 Å². The molecule has 0 heterocycles. The van der Waals surface area contributed by atoms with Crippen molar-refractivity contribution in [1.29, 1.82) is 0 Å². The molecule has 1 atom stereocenters. The molecule has 0 aromatic heterocycles. The number of carbonyl (C=O) groups is 1. The van der Waals surface area contributed by atoms with Gasteiger partial charge < -0.3 is 14.2 Å². The van der Waals surface area contributed by atoms with Crippen LogP contribution in [0.2, 0.25) is 0 Å².